The van der Waals surface area contributed by atoms with Crippen molar-refractivity contribution >= 4 is 27.5 Å². The van der Waals surface area contributed by atoms with Gasteiger partial charge in [0.25, 0.3) is 0 Å². The van der Waals surface area contributed by atoms with Crippen LogP contribution in [0.2, 0.25) is 0 Å². The number of nitrogens with one attached hydrogen (secondary N) is 2. The normalized spacial score (nSPS) is 10.3. The second kappa shape index (κ2) is 4.46. The van der Waals surface area contributed by atoms with Crippen molar-refractivity contribution < 1.29 is 0 Å². The van der Waals surface area contributed by atoms with Gasteiger partial charge < -0.3 is 11.1 Å². The molecule has 1 rings (SSSR count). The third kappa shape index (κ3) is 2.73. The molecule has 0 radical (unpaired) electrons. The lowest BCUT2D eigenvalue weighted by Crippen LogP contribution is -2.17. The summed E-state index contributed by atoms with van der Waals surface area (Å²) < 4.78 is 0.977. The minimum atomic E-state index is 0.0839. The van der Waals surface area contributed by atoms with Crippen LogP contribution in [0.4, 0.5) is 5.69 Å². The Labute approximate surface area is 92.3 Å². The van der Waals surface area contributed by atoms with E-state index in [1.165, 1.54) is 0 Å². The Morgan fingerprint density at radius 3 is 2.64 bits per heavy atom. The van der Waals surface area contributed by atoms with Crippen molar-refractivity contribution in [1.29, 1.82) is 5.41 Å². The fraction of sp³-hybridized carbons (Fsp3) is 0.300. The number of nitrogen functional groups attached to an aromatic ring is 1. The molecule has 0 atom stereocenters. The number of benzene rings is 1. The zero-order chi connectivity index (χ0) is 10.7. The molecule has 1 aromatic rings. The highest BCUT2D eigenvalue weighted by Gasteiger charge is 2.06. The van der Waals surface area contributed by atoms with E-state index in [0.717, 1.165) is 15.7 Å². The van der Waals surface area contributed by atoms with Crippen LogP contribution in [0, 0.1) is 5.41 Å². The lowest BCUT2D eigenvalue weighted by Gasteiger charge is -2.14. The van der Waals surface area contributed by atoms with Crippen molar-refractivity contribution in [2.75, 3.05) is 5.32 Å². The molecule has 4 heteroatoms. The Balaban J connectivity index is 3.09. The van der Waals surface area contributed by atoms with Crippen molar-refractivity contribution in [3.05, 3.63) is 28.2 Å². The van der Waals surface area contributed by atoms with E-state index in [4.69, 9.17) is 11.1 Å². The van der Waals surface area contributed by atoms with E-state index in [1.54, 1.807) is 0 Å². The number of hydrogen-bond donors (Lipinski definition) is 3. The number of anilines is 1. The van der Waals surface area contributed by atoms with E-state index in [0.29, 0.717) is 6.04 Å². The van der Waals surface area contributed by atoms with Gasteiger partial charge in [0.1, 0.15) is 5.84 Å². The predicted molar refractivity (Wildman–Crippen MR) is 63.9 cm³/mol. The van der Waals surface area contributed by atoms with Gasteiger partial charge in [0.2, 0.25) is 0 Å². The van der Waals surface area contributed by atoms with Crippen molar-refractivity contribution in [3.63, 3.8) is 0 Å². The Hall–Kier alpha value is -1.03. The van der Waals surface area contributed by atoms with Crippen LogP contribution in [0.3, 0.4) is 0 Å². The van der Waals surface area contributed by atoms with E-state index in [-0.39, 0.29) is 5.84 Å². The molecule has 0 unspecified atom stereocenters. The maximum Gasteiger partial charge on any atom is 0.124 e. The van der Waals surface area contributed by atoms with Crippen molar-refractivity contribution in [1.82, 2.24) is 0 Å². The zero-order valence-electron chi connectivity index (χ0n) is 8.26. The van der Waals surface area contributed by atoms with Crippen LogP contribution in [-0.4, -0.2) is 11.9 Å². The molecule has 0 amide bonds. The molecule has 0 spiro atoms. The monoisotopic (exact) mass is 255 g/mol. The third-order valence-corrected chi connectivity index (χ3v) is 2.21. The van der Waals surface area contributed by atoms with Crippen molar-refractivity contribution in [2.45, 2.75) is 19.9 Å². The first-order chi connectivity index (χ1) is 6.50. The van der Waals surface area contributed by atoms with Gasteiger partial charge in [-0.05, 0) is 32.0 Å². The first-order valence-corrected chi connectivity index (χ1v) is 5.20. The van der Waals surface area contributed by atoms with Crippen LogP contribution in [0.25, 0.3) is 0 Å². The van der Waals surface area contributed by atoms with E-state index < -0.39 is 0 Å². The molecular weight excluding hydrogens is 242 g/mol. The molecule has 0 fully saturated rings. The Morgan fingerprint density at radius 1 is 1.50 bits per heavy atom. The topological polar surface area (TPSA) is 61.9 Å². The summed E-state index contributed by atoms with van der Waals surface area (Å²) in [4.78, 5) is 0. The van der Waals surface area contributed by atoms with Crippen LogP contribution in [-0.2, 0) is 0 Å². The largest absolute Gasteiger partial charge is 0.384 e. The highest BCUT2D eigenvalue weighted by atomic mass is 79.9. The maximum absolute atomic E-state index is 7.41. The van der Waals surface area contributed by atoms with Gasteiger partial charge in [0, 0.05) is 21.8 Å². The second-order valence-corrected chi connectivity index (χ2v) is 4.32. The zero-order valence-corrected chi connectivity index (χ0v) is 9.85. The predicted octanol–water partition coefficient (Wildman–Crippen LogP) is 2.55. The van der Waals surface area contributed by atoms with Gasteiger partial charge in [0.15, 0.2) is 0 Å². The second-order valence-electron chi connectivity index (χ2n) is 3.40. The van der Waals surface area contributed by atoms with Gasteiger partial charge in [-0.3, -0.25) is 5.41 Å². The van der Waals surface area contributed by atoms with E-state index >= 15 is 0 Å². The molecule has 76 valence electrons. The number of rotatable bonds is 3. The van der Waals surface area contributed by atoms with Gasteiger partial charge in [-0.2, -0.15) is 0 Å². The smallest absolute Gasteiger partial charge is 0.124 e. The maximum atomic E-state index is 7.41. The molecular formula is C10H14BrN3. The number of amidine groups is 1. The number of hydrogen-bond acceptors (Lipinski definition) is 2. The number of nitrogens with two attached hydrogens (primary N) is 1. The van der Waals surface area contributed by atoms with Crippen LogP contribution in [0.1, 0.15) is 19.4 Å². The summed E-state index contributed by atoms with van der Waals surface area (Å²) >= 11 is 3.38. The molecule has 3 nitrogen and oxygen atoms in total. The molecule has 14 heavy (non-hydrogen) atoms. The SMILES string of the molecule is CC(C)Nc1cc(Br)ccc1C(=N)N. The van der Waals surface area contributed by atoms with Crippen molar-refractivity contribution in [2.24, 2.45) is 5.73 Å². The van der Waals surface area contributed by atoms with Gasteiger partial charge in [-0.15, -0.1) is 0 Å². The molecule has 0 aliphatic heterocycles. The van der Waals surface area contributed by atoms with Crippen LogP contribution < -0.4 is 11.1 Å². The summed E-state index contributed by atoms with van der Waals surface area (Å²) in [5.41, 5.74) is 7.10. The Morgan fingerprint density at radius 2 is 2.14 bits per heavy atom. The molecule has 0 saturated carbocycles. The molecule has 0 heterocycles. The Bertz CT molecular complexity index is 347. The van der Waals surface area contributed by atoms with E-state index in [1.807, 2.05) is 32.0 Å². The molecule has 1 aromatic carbocycles. The van der Waals surface area contributed by atoms with Crippen LogP contribution >= 0.6 is 15.9 Å². The summed E-state index contributed by atoms with van der Waals surface area (Å²) in [6.07, 6.45) is 0. The first kappa shape index (κ1) is 11.0. The van der Waals surface area contributed by atoms with Gasteiger partial charge in [-0.1, -0.05) is 15.9 Å². The fourth-order valence-electron chi connectivity index (χ4n) is 1.18. The summed E-state index contributed by atoms with van der Waals surface area (Å²) in [6.45, 7) is 4.09. The molecule has 4 N–H and O–H groups in total. The molecule has 0 aliphatic rings. The molecule has 0 aromatic heterocycles. The lowest BCUT2D eigenvalue weighted by atomic mass is 10.1. The average Bonchev–Trinajstić information content (AvgIpc) is 2.01. The average molecular weight is 256 g/mol. The quantitative estimate of drug-likeness (QED) is 0.575. The minimum Gasteiger partial charge on any atom is -0.384 e. The van der Waals surface area contributed by atoms with Crippen LogP contribution in [0.15, 0.2) is 22.7 Å². The fourth-order valence-corrected chi connectivity index (χ4v) is 1.54. The van der Waals surface area contributed by atoms with Crippen LogP contribution in [0.5, 0.6) is 0 Å². The lowest BCUT2D eigenvalue weighted by molar-refractivity contribution is 0.899. The van der Waals surface area contributed by atoms with E-state index in [2.05, 4.69) is 21.2 Å². The standard InChI is InChI=1S/C10H14BrN3/c1-6(2)14-9-5-7(11)3-4-8(9)10(12)13/h3-6,14H,1-2H3,(H3,12,13). The highest BCUT2D eigenvalue weighted by molar-refractivity contribution is 9.10. The Kier molecular flexibility index (Phi) is 3.52. The number of halogens is 1. The van der Waals surface area contributed by atoms with E-state index in [9.17, 15) is 0 Å². The van der Waals surface area contributed by atoms with Gasteiger partial charge in [0.05, 0.1) is 0 Å². The van der Waals surface area contributed by atoms with Gasteiger partial charge in [-0.25, -0.2) is 0 Å². The highest BCUT2D eigenvalue weighted by Crippen LogP contribution is 2.21. The molecule has 0 saturated heterocycles. The summed E-state index contributed by atoms with van der Waals surface area (Å²) in [5.74, 6) is 0.0839. The minimum absolute atomic E-state index is 0.0839. The first-order valence-electron chi connectivity index (χ1n) is 4.41. The molecule has 0 aliphatic carbocycles. The van der Waals surface area contributed by atoms with Gasteiger partial charge >= 0.3 is 0 Å². The summed E-state index contributed by atoms with van der Waals surface area (Å²) in [6, 6.07) is 5.96. The molecule has 0 bridgehead atoms. The van der Waals surface area contributed by atoms with Crippen molar-refractivity contribution in [3.8, 4) is 0 Å². The summed E-state index contributed by atoms with van der Waals surface area (Å²) in [5, 5.41) is 10.7. The summed E-state index contributed by atoms with van der Waals surface area (Å²) in [7, 11) is 0. The third-order valence-electron chi connectivity index (χ3n) is 1.72.